The fourth-order valence-electron chi connectivity index (χ4n) is 2.87. The molecule has 0 aliphatic rings. The zero-order valence-electron chi connectivity index (χ0n) is 15.3. The highest BCUT2D eigenvalue weighted by atomic mass is 32.2. The first-order valence-corrected chi connectivity index (χ1v) is 10.5. The van der Waals surface area contributed by atoms with Crippen molar-refractivity contribution in [3.63, 3.8) is 0 Å². The van der Waals surface area contributed by atoms with E-state index in [1.165, 1.54) is 6.07 Å². The topological polar surface area (TPSA) is 63.2 Å². The molecular formula is C22H21NO3S. The number of sulfone groups is 1. The first-order chi connectivity index (χ1) is 12.8. The highest BCUT2D eigenvalue weighted by molar-refractivity contribution is 7.90. The molecule has 138 valence electrons. The van der Waals surface area contributed by atoms with Crippen LogP contribution in [0.1, 0.15) is 27.0 Å². The van der Waals surface area contributed by atoms with Crippen molar-refractivity contribution in [2.45, 2.75) is 18.2 Å². The summed E-state index contributed by atoms with van der Waals surface area (Å²) in [5.41, 5.74) is 3.91. The highest BCUT2D eigenvalue weighted by Gasteiger charge is 2.15. The van der Waals surface area contributed by atoms with E-state index in [4.69, 9.17) is 0 Å². The van der Waals surface area contributed by atoms with Crippen molar-refractivity contribution in [3.8, 4) is 0 Å². The third-order valence-electron chi connectivity index (χ3n) is 4.38. The Hall–Kier alpha value is -2.92. The van der Waals surface area contributed by atoms with Crippen LogP contribution in [0.3, 0.4) is 0 Å². The summed E-state index contributed by atoms with van der Waals surface area (Å²) in [4.78, 5) is 13.1. The summed E-state index contributed by atoms with van der Waals surface area (Å²) in [5.74, 6) is -0.254. The Kier molecular flexibility index (Phi) is 5.42. The zero-order valence-corrected chi connectivity index (χ0v) is 16.1. The SMILES string of the molecule is Cc1ccc(S(C)(=O)=O)cc1NC(=O)c1ccccc1Cc1ccccc1. The summed E-state index contributed by atoms with van der Waals surface area (Å²) >= 11 is 0. The maximum atomic E-state index is 12.9. The van der Waals surface area contributed by atoms with Crippen LogP contribution in [0.2, 0.25) is 0 Å². The lowest BCUT2D eigenvalue weighted by atomic mass is 9.99. The van der Waals surface area contributed by atoms with Gasteiger partial charge in [-0.2, -0.15) is 0 Å². The lowest BCUT2D eigenvalue weighted by Crippen LogP contribution is -2.15. The minimum Gasteiger partial charge on any atom is -0.322 e. The van der Waals surface area contributed by atoms with Gasteiger partial charge in [-0.05, 0) is 48.2 Å². The zero-order chi connectivity index (χ0) is 19.4. The predicted molar refractivity (Wildman–Crippen MR) is 108 cm³/mol. The number of hydrogen-bond donors (Lipinski definition) is 1. The van der Waals surface area contributed by atoms with E-state index in [9.17, 15) is 13.2 Å². The Bertz CT molecular complexity index is 1070. The van der Waals surface area contributed by atoms with E-state index in [-0.39, 0.29) is 10.8 Å². The number of aryl methyl sites for hydroxylation is 1. The molecule has 0 bridgehead atoms. The van der Waals surface area contributed by atoms with Crippen molar-refractivity contribution < 1.29 is 13.2 Å². The standard InChI is InChI=1S/C22H21NO3S/c1-16-12-13-19(27(2,25)26)15-21(16)23-22(24)20-11-7-6-10-18(20)14-17-8-4-3-5-9-17/h3-13,15H,14H2,1-2H3,(H,23,24). The van der Waals surface area contributed by atoms with E-state index in [1.807, 2.05) is 55.5 Å². The van der Waals surface area contributed by atoms with Gasteiger partial charge in [-0.15, -0.1) is 0 Å². The van der Waals surface area contributed by atoms with Gasteiger partial charge in [0.2, 0.25) is 0 Å². The van der Waals surface area contributed by atoms with Crippen LogP contribution in [0, 0.1) is 6.92 Å². The maximum absolute atomic E-state index is 12.9. The van der Waals surface area contributed by atoms with E-state index in [1.54, 1.807) is 18.2 Å². The molecule has 27 heavy (non-hydrogen) atoms. The molecule has 0 aliphatic carbocycles. The van der Waals surface area contributed by atoms with Crippen LogP contribution in [0.25, 0.3) is 0 Å². The van der Waals surface area contributed by atoms with Gasteiger partial charge in [-0.3, -0.25) is 4.79 Å². The highest BCUT2D eigenvalue weighted by Crippen LogP contribution is 2.22. The van der Waals surface area contributed by atoms with E-state index in [0.717, 1.165) is 22.9 Å². The van der Waals surface area contributed by atoms with Crippen LogP contribution in [0.15, 0.2) is 77.7 Å². The molecule has 0 spiro atoms. The van der Waals surface area contributed by atoms with Gasteiger partial charge in [0.05, 0.1) is 4.90 Å². The summed E-state index contributed by atoms with van der Waals surface area (Å²) in [7, 11) is -3.34. The van der Waals surface area contributed by atoms with Crippen LogP contribution in [0.5, 0.6) is 0 Å². The quantitative estimate of drug-likeness (QED) is 0.721. The molecule has 0 saturated carbocycles. The second-order valence-corrected chi connectivity index (χ2v) is 8.54. The summed E-state index contributed by atoms with van der Waals surface area (Å²) in [6, 6.07) is 22.1. The molecule has 3 aromatic carbocycles. The summed E-state index contributed by atoms with van der Waals surface area (Å²) < 4.78 is 23.6. The molecule has 5 heteroatoms. The van der Waals surface area contributed by atoms with E-state index < -0.39 is 9.84 Å². The first-order valence-electron chi connectivity index (χ1n) is 8.58. The number of carbonyl (C=O) groups is 1. The smallest absolute Gasteiger partial charge is 0.255 e. The third kappa shape index (κ3) is 4.63. The normalized spacial score (nSPS) is 11.2. The molecule has 1 amide bonds. The summed E-state index contributed by atoms with van der Waals surface area (Å²) in [6.45, 7) is 1.83. The molecule has 3 rings (SSSR count). The fourth-order valence-corrected chi connectivity index (χ4v) is 3.51. The van der Waals surface area contributed by atoms with Crippen molar-refractivity contribution in [2.75, 3.05) is 11.6 Å². The van der Waals surface area contributed by atoms with Crippen molar-refractivity contribution in [3.05, 3.63) is 95.1 Å². The lowest BCUT2D eigenvalue weighted by molar-refractivity contribution is 0.102. The second kappa shape index (κ2) is 7.76. The molecule has 1 N–H and O–H groups in total. The first kappa shape index (κ1) is 18.9. The van der Waals surface area contributed by atoms with Crippen molar-refractivity contribution in [1.82, 2.24) is 0 Å². The van der Waals surface area contributed by atoms with Crippen LogP contribution < -0.4 is 5.32 Å². The Morgan fingerprint density at radius 2 is 1.59 bits per heavy atom. The van der Waals surface area contributed by atoms with Gasteiger partial charge in [-0.1, -0.05) is 54.6 Å². The van der Waals surface area contributed by atoms with Gasteiger partial charge in [-0.25, -0.2) is 8.42 Å². The Morgan fingerprint density at radius 3 is 2.30 bits per heavy atom. The lowest BCUT2D eigenvalue weighted by Gasteiger charge is -2.13. The average molecular weight is 379 g/mol. The van der Waals surface area contributed by atoms with Crippen LogP contribution in [0.4, 0.5) is 5.69 Å². The Balaban J connectivity index is 1.90. The summed E-state index contributed by atoms with van der Waals surface area (Å²) in [5, 5.41) is 2.86. The van der Waals surface area contributed by atoms with E-state index in [2.05, 4.69) is 5.32 Å². The Labute approximate surface area is 159 Å². The van der Waals surface area contributed by atoms with Gasteiger partial charge in [0.25, 0.3) is 5.91 Å². The van der Waals surface area contributed by atoms with Crippen LogP contribution in [-0.4, -0.2) is 20.6 Å². The monoisotopic (exact) mass is 379 g/mol. The fraction of sp³-hybridized carbons (Fsp3) is 0.136. The van der Waals surface area contributed by atoms with Gasteiger partial charge in [0.15, 0.2) is 9.84 Å². The van der Waals surface area contributed by atoms with E-state index >= 15 is 0 Å². The van der Waals surface area contributed by atoms with Crippen molar-refractivity contribution >= 4 is 21.4 Å². The predicted octanol–water partition coefficient (Wildman–Crippen LogP) is 4.24. The largest absolute Gasteiger partial charge is 0.322 e. The third-order valence-corrected chi connectivity index (χ3v) is 5.50. The van der Waals surface area contributed by atoms with Gasteiger partial charge in [0, 0.05) is 17.5 Å². The number of benzene rings is 3. The van der Waals surface area contributed by atoms with Gasteiger partial charge >= 0.3 is 0 Å². The minimum absolute atomic E-state index is 0.181. The number of anilines is 1. The molecular weight excluding hydrogens is 358 g/mol. The van der Waals surface area contributed by atoms with Crippen LogP contribution in [-0.2, 0) is 16.3 Å². The van der Waals surface area contributed by atoms with E-state index in [0.29, 0.717) is 17.7 Å². The molecule has 0 aromatic heterocycles. The molecule has 3 aromatic rings. The van der Waals surface area contributed by atoms with Gasteiger partial charge in [0.1, 0.15) is 0 Å². The van der Waals surface area contributed by atoms with Crippen molar-refractivity contribution in [2.24, 2.45) is 0 Å². The molecule has 0 unspecified atom stereocenters. The molecule has 0 saturated heterocycles. The average Bonchev–Trinajstić information content (AvgIpc) is 2.64. The van der Waals surface area contributed by atoms with Crippen molar-refractivity contribution in [1.29, 1.82) is 0 Å². The number of hydrogen-bond acceptors (Lipinski definition) is 3. The summed E-state index contributed by atoms with van der Waals surface area (Å²) in [6.07, 6.45) is 1.80. The minimum atomic E-state index is -3.34. The molecule has 0 atom stereocenters. The second-order valence-electron chi connectivity index (χ2n) is 6.52. The number of rotatable bonds is 5. The van der Waals surface area contributed by atoms with Gasteiger partial charge < -0.3 is 5.32 Å². The Morgan fingerprint density at radius 1 is 0.926 bits per heavy atom. The molecule has 0 radical (unpaired) electrons. The molecule has 4 nitrogen and oxygen atoms in total. The molecule has 0 aliphatic heterocycles. The van der Waals surface area contributed by atoms with Crippen LogP contribution >= 0.6 is 0 Å². The number of nitrogens with one attached hydrogen (secondary N) is 1. The molecule has 0 fully saturated rings. The number of amides is 1. The maximum Gasteiger partial charge on any atom is 0.255 e. The molecule has 0 heterocycles. The number of carbonyl (C=O) groups excluding carboxylic acids is 1.